The van der Waals surface area contributed by atoms with E-state index in [1.807, 2.05) is 0 Å². The second-order valence-electron chi connectivity index (χ2n) is 4.24. The van der Waals surface area contributed by atoms with Gasteiger partial charge in [-0.1, -0.05) is 17.7 Å². The fourth-order valence-electron chi connectivity index (χ4n) is 1.77. The molecule has 0 unspecified atom stereocenters. The van der Waals surface area contributed by atoms with E-state index in [1.165, 1.54) is 23.1 Å². The number of amides is 2. The number of rotatable bonds is 6. The number of carbonyl (C=O) groups is 2. The molecule has 0 aromatic heterocycles. The number of hydrogen-bond acceptors (Lipinski definition) is 2. The summed E-state index contributed by atoms with van der Waals surface area (Å²) in [6, 6.07) is 4.28. The van der Waals surface area contributed by atoms with E-state index in [4.69, 9.17) is 11.6 Å². The predicted octanol–water partition coefficient (Wildman–Crippen LogP) is 2.01. The molecule has 1 aromatic carbocycles. The highest BCUT2D eigenvalue weighted by Gasteiger charge is 2.18. The number of benzene rings is 1. The summed E-state index contributed by atoms with van der Waals surface area (Å²) < 4.78 is 13.6. The number of hydrogen-bond donors (Lipinski definition) is 1. The minimum Gasteiger partial charge on any atom is -0.355 e. The van der Waals surface area contributed by atoms with Gasteiger partial charge in [0.1, 0.15) is 5.82 Å². The van der Waals surface area contributed by atoms with E-state index in [-0.39, 0.29) is 35.4 Å². The van der Waals surface area contributed by atoms with Crippen molar-refractivity contribution in [2.24, 2.45) is 0 Å². The molecule has 0 saturated heterocycles. The summed E-state index contributed by atoms with van der Waals surface area (Å²) in [5, 5.41) is 2.83. The Hall–Kier alpha value is -1.62. The van der Waals surface area contributed by atoms with Crippen molar-refractivity contribution in [3.8, 4) is 0 Å². The Morgan fingerprint density at radius 1 is 1.35 bits per heavy atom. The van der Waals surface area contributed by atoms with Crippen LogP contribution in [0, 0.1) is 5.82 Å². The van der Waals surface area contributed by atoms with Crippen LogP contribution in [0.3, 0.4) is 0 Å². The summed E-state index contributed by atoms with van der Waals surface area (Å²) >= 11 is 5.89. The van der Waals surface area contributed by atoms with Gasteiger partial charge in [0.15, 0.2) is 0 Å². The SMILES string of the molecule is CCNC(=O)CN(CC)C(=O)Cc1c(F)cccc1Cl. The van der Waals surface area contributed by atoms with Crippen molar-refractivity contribution in [3.05, 3.63) is 34.6 Å². The third-order valence-corrected chi connectivity index (χ3v) is 3.19. The summed E-state index contributed by atoms with van der Waals surface area (Å²) in [7, 11) is 0. The molecule has 0 aliphatic heterocycles. The molecule has 0 radical (unpaired) electrons. The van der Waals surface area contributed by atoms with Gasteiger partial charge in [-0.2, -0.15) is 0 Å². The maximum atomic E-state index is 13.6. The highest BCUT2D eigenvalue weighted by Crippen LogP contribution is 2.20. The third kappa shape index (κ3) is 4.49. The van der Waals surface area contributed by atoms with E-state index in [2.05, 4.69) is 5.32 Å². The molecule has 4 nitrogen and oxygen atoms in total. The first-order valence-corrected chi connectivity index (χ1v) is 6.84. The van der Waals surface area contributed by atoms with Crippen LogP contribution in [-0.4, -0.2) is 36.3 Å². The zero-order valence-corrected chi connectivity index (χ0v) is 12.3. The first-order valence-electron chi connectivity index (χ1n) is 6.46. The molecule has 0 fully saturated rings. The van der Waals surface area contributed by atoms with Gasteiger partial charge < -0.3 is 10.2 Å². The maximum Gasteiger partial charge on any atom is 0.239 e. The smallest absolute Gasteiger partial charge is 0.239 e. The number of halogens is 2. The minimum absolute atomic E-state index is 0.0325. The van der Waals surface area contributed by atoms with E-state index in [9.17, 15) is 14.0 Å². The first kappa shape index (κ1) is 16.4. The first-order chi connectivity index (χ1) is 9.49. The normalized spacial score (nSPS) is 10.2. The van der Waals surface area contributed by atoms with Crippen molar-refractivity contribution in [2.45, 2.75) is 20.3 Å². The van der Waals surface area contributed by atoms with Crippen LogP contribution in [0.1, 0.15) is 19.4 Å². The Morgan fingerprint density at radius 3 is 2.60 bits per heavy atom. The fraction of sp³-hybridized carbons (Fsp3) is 0.429. The minimum atomic E-state index is -0.514. The van der Waals surface area contributed by atoms with Crippen LogP contribution in [0.25, 0.3) is 0 Å². The highest BCUT2D eigenvalue weighted by atomic mass is 35.5. The summed E-state index contributed by atoms with van der Waals surface area (Å²) in [4.78, 5) is 25.0. The van der Waals surface area contributed by atoms with Gasteiger partial charge in [-0.05, 0) is 26.0 Å². The summed E-state index contributed by atoms with van der Waals surface area (Å²) in [5.74, 6) is -1.08. The van der Waals surface area contributed by atoms with Gasteiger partial charge in [0.2, 0.25) is 11.8 Å². The molecule has 0 saturated carbocycles. The van der Waals surface area contributed by atoms with Crippen molar-refractivity contribution >= 4 is 23.4 Å². The largest absolute Gasteiger partial charge is 0.355 e. The summed E-state index contributed by atoms with van der Waals surface area (Å²) in [5.41, 5.74) is 0.161. The number of nitrogens with one attached hydrogen (secondary N) is 1. The molecule has 1 N–H and O–H groups in total. The molecule has 20 heavy (non-hydrogen) atoms. The molecule has 6 heteroatoms. The lowest BCUT2D eigenvalue weighted by molar-refractivity contribution is -0.135. The lowest BCUT2D eigenvalue weighted by Crippen LogP contribution is -2.41. The number of nitrogens with zero attached hydrogens (tertiary/aromatic N) is 1. The van der Waals surface area contributed by atoms with Crippen LogP contribution in [0.4, 0.5) is 4.39 Å². The molecule has 1 rings (SSSR count). The van der Waals surface area contributed by atoms with Crippen molar-refractivity contribution in [2.75, 3.05) is 19.6 Å². The lowest BCUT2D eigenvalue weighted by atomic mass is 10.1. The quantitative estimate of drug-likeness (QED) is 0.873. The van der Waals surface area contributed by atoms with E-state index in [0.717, 1.165) is 0 Å². The standard InChI is InChI=1S/C14H18ClFN2O2/c1-3-17-13(19)9-18(4-2)14(20)8-10-11(15)6-5-7-12(10)16/h5-7H,3-4,8-9H2,1-2H3,(H,17,19). The highest BCUT2D eigenvalue weighted by molar-refractivity contribution is 6.31. The Labute approximate surface area is 122 Å². The maximum absolute atomic E-state index is 13.6. The van der Waals surface area contributed by atoms with Gasteiger partial charge in [0, 0.05) is 23.7 Å². The zero-order valence-electron chi connectivity index (χ0n) is 11.6. The Balaban J connectivity index is 2.75. The van der Waals surface area contributed by atoms with Crippen molar-refractivity contribution < 1.29 is 14.0 Å². The van der Waals surface area contributed by atoms with Crippen LogP contribution >= 0.6 is 11.6 Å². The Bertz CT molecular complexity index is 474. The van der Waals surface area contributed by atoms with Gasteiger partial charge in [0.05, 0.1) is 13.0 Å². The van der Waals surface area contributed by atoms with Crippen LogP contribution in [-0.2, 0) is 16.0 Å². The van der Waals surface area contributed by atoms with E-state index < -0.39 is 5.82 Å². The fourth-order valence-corrected chi connectivity index (χ4v) is 2.00. The Kier molecular flexibility index (Phi) is 6.45. The molecule has 0 heterocycles. The molecule has 2 amide bonds. The summed E-state index contributed by atoms with van der Waals surface area (Å²) in [6.07, 6.45) is -0.154. The van der Waals surface area contributed by atoms with Gasteiger partial charge in [-0.25, -0.2) is 4.39 Å². The second kappa shape index (κ2) is 7.85. The van der Waals surface area contributed by atoms with E-state index >= 15 is 0 Å². The molecule has 1 aromatic rings. The molecule has 0 aliphatic rings. The van der Waals surface area contributed by atoms with Gasteiger partial charge in [-0.15, -0.1) is 0 Å². The monoisotopic (exact) mass is 300 g/mol. The lowest BCUT2D eigenvalue weighted by Gasteiger charge is -2.20. The van der Waals surface area contributed by atoms with Crippen LogP contribution in [0.5, 0.6) is 0 Å². The number of likely N-dealkylation sites (N-methyl/N-ethyl adjacent to an activating group) is 2. The molecular formula is C14H18ClFN2O2. The average Bonchev–Trinajstić information content (AvgIpc) is 2.40. The molecule has 110 valence electrons. The topological polar surface area (TPSA) is 49.4 Å². The molecule has 0 atom stereocenters. The molecule has 0 spiro atoms. The molecular weight excluding hydrogens is 283 g/mol. The van der Waals surface area contributed by atoms with Crippen LogP contribution in [0.2, 0.25) is 5.02 Å². The van der Waals surface area contributed by atoms with Crippen molar-refractivity contribution in [1.29, 1.82) is 0 Å². The van der Waals surface area contributed by atoms with Crippen molar-refractivity contribution in [3.63, 3.8) is 0 Å². The summed E-state index contributed by atoms with van der Waals surface area (Å²) in [6.45, 7) is 4.41. The predicted molar refractivity (Wildman–Crippen MR) is 76.1 cm³/mol. The second-order valence-corrected chi connectivity index (χ2v) is 4.65. The molecule has 0 bridgehead atoms. The van der Waals surface area contributed by atoms with E-state index in [0.29, 0.717) is 13.1 Å². The van der Waals surface area contributed by atoms with Crippen molar-refractivity contribution in [1.82, 2.24) is 10.2 Å². The van der Waals surface area contributed by atoms with Crippen LogP contribution in [0.15, 0.2) is 18.2 Å². The zero-order chi connectivity index (χ0) is 15.1. The van der Waals surface area contributed by atoms with E-state index in [1.54, 1.807) is 13.8 Å². The third-order valence-electron chi connectivity index (χ3n) is 2.83. The average molecular weight is 301 g/mol. The molecule has 0 aliphatic carbocycles. The number of carbonyl (C=O) groups excluding carboxylic acids is 2. The van der Waals surface area contributed by atoms with Gasteiger partial charge >= 0.3 is 0 Å². The van der Waals surface area contributed by atoms with Crippen LogP contribution < -0.4 is 5.32 Å². The Morgan fingerprint density at radius 2 is 2.05 bits per heavy atom. The van der Waals surface area contributed by atoms with Gasteiger partial charge in [-0.3, -0.25) is 9.59 Å². The van der Waals surface area contributed by atoms with Gasteiger partial charge in [0.25, 0.3) is 0 Å².